The molecule has 0 aliphatic carbocycles. The summed E-state index contributed by atoms with van der Waals surface area (Å²) in [5, 5.41) is 0. The quantitative estimate of drug-likeness (QED) is 0.860. The summed E-state index contributed by atoms with van der Waals surface area (Å²) in [5.74, 6) is 0.643. The molecule has 0 radical (unpaired) electrons. The van der Waals surface area contributed by atoms with Gasteiger partial charge in [0.25, 0.3) is 0 Å². The Labute approximate surface area is 138 Å². The number of nitrogens with zero attached hydrogens (tertiary/aromatic N) is 2. The van der Waals surface area contributed by atoms with Crippen molar-refractivity contribution in [3.63, 3.8) is 0 Å². The maximum atomic E-state index is 13.2. The van der Waals surface area contributed by atoms with E-state index in [2.05, 4.69) is 52.0 Å². The number of fused-ring (bicyclic) bond motifs is 1. The van der Waals surface area contributed by atoms with Crippen LogP contribution in [0.15, 0.2) is 30.3 Å². The van der Waals surface area contributed by atoms with Crippen molar-refractivity contribution >= 4 is 5.91 Å². The number of carbonyl (C=O) groups excluding carboxylic acids is 1. The van der Waals surface area contributed by atoms with Gasteiger partial charge in [-0.25, -0.2) is 5.43 Å². The molecule has 3 aliphatic heterocycles. The third-order valence-corrected chi connectivity index (χ3v) is 5.70. The lowest BCUT2D eigenvalue weighted by atomic mass is 9.88. The number of hydrogen-bond donors (Lipinski definition) is 2. The minimum Gasteiger partial charge on any atom is -0.334 e. The first-order valence-electron chi connectivity index (χ1n) is 8.79. The van der Waals surface area contributed by atoms with Crippen LogP contribution >= 0.6 is 0 Å². The molecule has 0 spiro atoms. The summed E-state index contributed by atoms with van der Waals surface area (Å²) < 4.78 is 0. The van der Waals surface area contributed by atoms with Gasteiger partial charge in [0.2, 0.25) is 5.91 Å². The summed E-state index contributed by atoms with van der Waals surface area (Å²) in [6.07, 6.45) is 3.28. The van der Waals surface area contributed by atoms with E-state index in [0.29, 0.717) is 12.0 Å². The van der Waals surface area contributed by atoms with Gasteiger partial charge in [0.1, 0.15) is 6.04 Å². The first-order valence-corrected chi connectivity index (χ1v) is 8.79. The molecule has 124 valence electrons. The van der Waals surface area contributed by atoms with Crippen LogP contribution in [0.25, 0.3) is 0 Å². The second kappa shape index (κ2) is 6.23. The van der Waals surface area contributed by atoms with Crippen molar-refractivity contribution in [3.8, 4) is 0 Å². The van der Waals surface area contributed by atoms with Crippen molar-refractivity contribution in [1.29, 1.82) is 0 Å². The molecular weight excluding hydrogens is 288 g/mol. The van der Waals surface area contributed by atoms with Crippen molar-refractivity contribution in [2.45, 2.75) is 37.4 Å². The van der Waals surface area contributed by atoms with E-state index in [0.717, 1.165) is 38.9 Å². The number of nitrogens with one attached hydrogen (secondary N) is 2. The van der Waals surface area contributed by atoms with Crippen LogP contribution in [-0.2, 0) is 4.79 Å². The predicted octanol–water partition coefficient (Wildman–Crippen LogP) is 1.15. The topological polar surface area (TPSA) is 47.6 Å². The normalized spacial score (nSPS) is 34.6. The van der Waals surface area contributed by atoms with Crippen molar-refractivity contribution in [2.24, 2.45) is 5.92 Å². The third-order valence-electron chi connectivity index (χ3n) is 5.70. The highest BCUT2D eigenvalue weighted by molar-refractivity contribution is 5.83. The SMILES string of the molecule is CN1CCC2NNC(C(=O)N3CCCC3c3ccccc3)C2C1. The summed E-state index contributed by atoms with van der Waals surface area (Å²) in [4.78, 5) is 17.6. The number of benzene rings is 1. The third kappa shape index (κ3) is 2.77. The average molecular weight is 314 g/mol. The van der Waals surface area contributed by atoms with E-state index in [-0.39, 0.29) is 18.0 Å². The van der Waals surface area contributed by atoms with E-state index in [1.165, 1.54) is 5.56 Å². The molecule has 0 saturated carbocycles. The van der Waals surface area contributed by atoms with E-state index in [4.69, 9.17) is 0 Å². The smallest absolute Gasteiger partial charge is 0.241 e. The standard InChI is InChI=1S/C18H26N4O/c1-21-11-9-15-14(12-21)17(20-19-15)18(23)22-10-5-8-16(22)13-6-3-2-4-7-13/h2-4,6-7,14-17,19-20H,5,8-12H2,1H3. The van der Waals surface area contributed by atoms with E-state index < -0.39 is 0 Å². The molecular formula is C18H26N4O. The molecule has 4 rings (SSSR count). The first-order chi connectivity index (χ1) is 11.2. The van der Waals surface area contributed by atoms with Crippen LogP contribution in [0.5, 0.6) is 0 Å². The monoisotopic (exact) mass is 314 g/mol. The summed E-state index contributed by atoms with van der Waals surface area (Å²) in [6.45, 7) is 2.97. The molecule has 1 amide bonds. The maximum Gasteiger partial charge on any atom is 0.241 e. The molecule has 4 atom stereocenters. The predicted molar refractivity (Wildman–Crippen MR) is 89.6 cm³/mol. The largest absolute Gasteiger partial charge is 0.334 e. The molecule has 2 N–H and O–H groups in total. The lowest BCUT2D eigenvalue weighted by Crippen LogP contribution is -2.50. The number of amides is 1. The highest BCUT2D eigenvalue weighted by Gasteiger charge is 2.45. The molecule has 0 bridgehead atoms. The Hall–Kier alpha value is -1.43. The molecule has 5 heteroatoms. The van der Waals surface area contributed by atoms with E-state index >= 15 is 0 Å². The molecule has 5 nitrogen and oxygen atoms in total. The van der Waals surface area contributed by atoms with Crippen molar-refractivity contribution < 1.29 is 4.79 Å². The van der Waals surface area contributed by atoms with E-state index in [1.807, 2.05) is 6.07 Å². The number of carbonyl (C=O) groups is 1. The Balaban J connectivity index is 1.52. The lowest BCUT2D eigenvalue weighted by molar-refractivity contribution is -0.135. The molecule has 4 unspecified atom stereocenters. The van der Waals surface area contributed by atoms with E-state index in [1.54, 1.807) is 0 Å². The van der Waals surface area contributed by atoms with E-state index in [9.17, 15) is 4.79 Å². The zero-order chi connectivity index (χ0) is 15.8. The minimum absolute atomic E-state index is 0.0907. The van der Waals surface area contributed by atoms with Gasteiger partial charge in [-0.1, -0.05) is 30.3 Å². The molecule has 3 heterocycles. The lowest BCUT2D eigenvalue weighted by Gasteiger charge is -2.35. The van der Waals surface area contributed by atoms with Gasteiger partial charge in [-0.15, -0.1) is 0 Å². The van der Waals surface area contributed by atoms with Crippen LogP contribution in [0, 0.1) is 5.92 Å². The molecule has 3 aliphatic rings. The highest BCUT2D eigenvalue weighted by atomic mass is 16.2. The fourth-order valence-electron chi connectivity index (χ4n) is 4.45. The van der Waals surface area contributed by atoms with Crippen LogP contribution in [0.4, 0.5) is 0 Å². The molecule has 23 heavy (non-hydrogen) atoms. The molecule has 3 saturated heterocycles. The minimum atomic E-state index is -0.0907. The highest BCUT2D eigenvalue weighted by Crippen LogP contribution is 2.34. The van der Waals surface area contributed by atoms with Gasteiger partial charge in [-0.05, 0) is 38.4 Å². The number of rotatable bonds is 2. The first kappa shape index (κ1) is 15.1. The zero-order valence-electron chi connectivity index (χ0n) is 13.7. The van der Waals surface area contributed by atoms with Crippen LogP contribution in [0.1, 0.15) is 30.9 Å². The Kier molecular flexibility index (Phi) is 4.09. The van der Waals surface area contributed by atoms with Crippen molar-refractivity contribution in [1.82, 2.24) is 20.7 Å². The zero-order valence-corrected chi connectivity index (χ0v) is 13.7. The average Bonchev–Trinajstić information content (AvgIpc) is 3.21. The Morgan fingerprint density at radius 3 is 2.78 bits per heavy atom. The maximum absolute atomic E-state index is 13.2. The summed E-state index contributed by atoms with van der Waals surface area (Å²) in [7, 11) is 2.15. The van der Waals surface area contributed by atoms with Crippen molar-refractivity contribution in [2.75, 3.05) is 26.7 Å². The van der Waals surface area contributed by atoms with Crippen LogP contribution < -0.4 is 10.9 Å². The van der Waals surface area contributed by atoms with Gasteiger partial charge in [-0.2, -0.15) is 0 Å². The number of hydrogen-bond acceptors (Lipinski definition) is 4. The van der Waals surface area contributed by atoms with Crippen LogP contribution in [0.2, 0.25) is 0 Å². The van der Waals surface area contributed by atoms with Gasteiger partial charge in [0.15, 0.2) is 0 Å². The van der Waals surface area contributed by atoms with Gasteiger partial charge in [0.05, 0.1) is 6.04 Å². The Bertz CT molecular complexity index is 563. The molecule has 0 aromatic heterocycles. The van der Waals surface area contributed by atoms with Crippen LogP contribution in [0.3, 0.4) is 0 Å². The number of piperidine rings is 1. The van der Waals surface area contributed by atoms with Crippen LogP contribution in [-0.4, -0.2) is 54.5 Å². The summed E-state index contributed by atoms with van der Waals surface area (Å²) in [5.41, 5.74) is 7.93. The number of hydrazine groups is 1. The fraction of sp³-hybridized carbons (Fsp3) is 0.611. The van der Waals surface area contributed by atoms with Gasteiger partial charge in [0, 0.05) is 25.0 Å². The summed E-state index contributed by atoms with van der Waals surface area (Å²) >= 11 is 0. The second-order valence-electron chi connectivity index (χ2n) is 7.19. The van der Waals surface area contributed by atoms with Gasteiger partial charge < -0.3 is 9.80 Å². The Morgan fingerprint density at radius 1 is 1.13 bits per heavy atom. The summed E-state index contributed by atoms with van der Waals surface area (Å²) in [6, 6.07) is 11.0. The molecule has 1 aromatic carbocycles. The fourth-order valence-corrected chi connectivity index (χ4v) is 4.45. The molecule has 1 aromatic rings. The second-order valence-corrected chi connectivity index (χ2v) is 7.19. The van der Waals surface area contributed by atoms with Gasteiger partial charge in [-0.3, -0.25) is 10.2 Å². The number of likely N-dealkylation sites (tertiary alicyclic amines) is 2. The Morgan fingerprint density at radius 2 is 1.96 bits per heavy atom. The molecule has 3 fully saturated rings. The van der Waals surface area contributed by atoms with Crippen molar-refractivity contribution in [3.05, 3.63) is 35.9 Å². The van der Waals surface area contributed by atoms with Gasteiger partial charge >= 0.3 is 0 Å².